The molecule has 0 aliphatic rings. The fourth-order valence-corrected chi connectivity index (χ4v) is 1.70. The third-order valence-corrected chi connectivity index (χ3v) is 3.26. The van der Waals surface area contributed by atoms with Crippen molar-refractivity contribution in [1.82, 2.24) is 0 Å². The zero-order valence-electron chi connectivity index (χ0n) is 8.12. The van der Waals surface area contributed by atoms with Crippen LogP contribution in [-0.4, -0.2) is 15.0 Å². The first-order chi connectivity index (χ1) is 7.09. The SMILES string of the molecule is O=C(O)C(I)CCCc1ccc(F)cc1. The Hall–Kier alpha value is -0.650. The Labute approximate surface area is 102 Å². The number of halogens is 2. The van der Waals surface area contributed by atoms with Crippen molar-refractivity contribution in [2.75, 3.05) is 0 Å². The predicted molar refractivity (Wildman–Crippen MR) is 64.8 cm³/mol. The Kier molecular flexibility index (Phi) is 5.01. The third-order valence-electron chi connectivity index (χ3n) is 2.10. The van der Waals surface area contributed by atoms with Gasteiger partial charge in [-0.25, -0.2) is 4.39 Å². The summed E-state index contributed by atoms with van der Waals surface area (Å²) in [6.45, 7) is 0. The summed E-state index contributed by atoms with van der Waals surface area (Å²) in [4.78, 5) is 10.5. The van der Waals surface area contributed by atoms with Gasteiger partial charge in [0.15, 0.2) is 0 Å². The maximum Gasteiger partial charge on any atom is 0.316 e. The lowest BCUT2D eigenvalue weighted by atomic mass is 10.1. The van der Waals surface area contributed by atoms with E-state index in [1.807, 2.05) is 22.6 Å². The molecule has 0 bridgehead atoms. The van der Waals surface area contributed by atoms with Gasteiger partial charge in [-0.1, -0.05) is 34.7 Å². The fraction of sp³-hybridized carbons (Fsp3) is 0.364. The quantitative estimate of drug-likeness (QED) is 0.668. The molecule has 0 spiro atoms. The Morgan fingerprint density at radius 2 is 2.00 bits per heavy atom. The molecule has 1 aromatic rings. The zero-order chi connectivity index (χ0) is 11.3. The molecule has 0 heterocycles. The van der Waals surface area contributed by atoms with Crippen LogP contribution < -0.4 is 0 Å². The number of alkyl halides is 1. The summed E-state index contributed by atoms with van der Waals surface area (Å²) in [5, 5.41) is 8.66. The van der Waals surface area contributed by atoms with E-state index in [0.29, 0.717) is 6.42 Å². The van der Waals surface area contributed by atoms with E-state index in [0.717, 1.165) is 18.4 Å². The Balaban J connectivity index is 2.32. The van der Waals surface area contributed by atoms with Gasteiger partial charge in [0.2, 0.25) is 0 Å². The number of hydrogen-bond acceptors (Lipinski definition) is 1. The van der Waals surface area contributed by atoms with Crippen molar-refractivity contribution in [3.05, 3.63) is 35.6 Å². The lowest BCUT2D eigenvalue weighted by molar-refractivity contribution is -0.136. The van der Waals surface area contributed by atoms with Gasteiger partial charge in [-0.05, 0) is 37.0 Å². The average Bonchev–Trinajstić information content (AvgIpc) is 2.20. The molecule has 1 rings (SSSR count). The molecule has 1 N–H and O–H groups in total. The summed E-state index contributed by atoms with van der Waals surface area (Å²) in [5.74, 6) is -1.01. The maximum atomic E-state index is 12.6. The second kappa shape index (κ2) is 6.05. The molecular weight excluding hydrogens is 310 g/mol. The van der Waals surface area contributed by atoms with Crippen LogP contribution in [0.5, 0.6) is 0 Å². The van der Waals surface area contributed by atoms with Crippen LogP contribution in [-0.2, 0) is 11.2 Å². The van der Waals surface area contributed by atoms with Crippen LogP contribution in [0.25, 0.3) is 0 Å². The molecule has 82 valence electrons. The van der Waals surface area contributed by atoms with Gasteiger partial charge in [0.25, 0.3) is 0 Å². The molecule has 2 nitrogen and oxygen atoms in total. The van der Waals surface area contributed by atoms with Gasteiger partial charge in [0.05, 0.1) is 0 Å². The highest BCUT2D eigenvalue weighted by Gasteiger charge is 2.11. The van der Waals surface area contributed by atoms with Crippen molar-refractivity contribution >= 4 is 28.6 Å². The van der Waals surface area contributed by atoms with Crippen LogP contribution in [0.2, 0.25) is 0 Å². The number of aliphatic carboxylic acids is 1. The van der Waals surface area contributed by atoms with Crippen molar-refractivity contribution in [2.24, 2.45) is 0 Å². The van der Waals surface area contributed by atoms with E-state index in [2.05, 4.69) is 0 Å². The monoisotopic (exact) mass is 322 g/mol. The molecule has 0 aliphatic carbocycles. The minimum absolute atomic E-state index is 0.240. The smallest absolute Gasteiger partial charge is 0.316 e. The summed E-state index contributed by atoms with van der Waals surface area (Å²) >= 11 is 1.92. The van der Waals surface area contributed by atoms with Crippen molar-refractivity contribution in [1.29, 1.82) is 0 Å². The van der Waals surface area contributed by atoms with Crippen LogP contribution in [0.15, 0.2) is 24.3 Å². The summed E-state index contributed by atoms with van der Waals surface area (Å²) < 4.78 is 12.2. The summed E-state index contributed by atoms with van der Waals surface area (Å²) in [6, 6.07) is 6.32. The van der Waals surface area contributed by atoms with Gasteiger partial charge in [0.1, 0.15) is 9.74 Å². The van der Waals surface area contributed by atoms with Crippen LogP contribution in [0, 0.1) is 5.82 Å². The molecule has 0 amide bonds. The number of carboxylic acids is 1. The fourth-order valence-electron chi connectivity index (χ4n) is 1.26. The van der Waals surface area contributed by atoms with E-state index in [1.165, 1.54) is 12.1 Å². The Bertz CT molecular complexity index is 324. The van der Waals surface area contributed by atoms with Crippen molar-refractivity contribution < 1.29 is 14.3 Å². The van der Waals surface area contributed by atoms with E-state index in [4.69, 9.17) is 5.11 Å². The largest absolute Gasteiger partial charge is 0.480 e. The first kappa shape index (κ1) is 12.4. The van der Waals surface area contributed by atoms with E-state index < -0.39 is 5.97 Å². The number of benzene rings is 1. The normalized spacial score (nSPS) is 12.4. The number of hydrogen-bond donors (Lipinski definition) is 1. The van der Waals surface area contributed by atoms with Crippen LogP contribution in [0.1, 0.15) is 18.4 Å². The summed E-state index contributed by atoms with van der Waals surface area (Å²) in [7, 11) is 0. The molecule has 0 saturated heterocycles. The number of carboxylic acid groups (broad SMARTS) is 1. The first-order valence-corrected chi connectivity index (χ1v) is 5.95. The molecule has 15 heavy (non-hydrogen) atoms. The molecule has 1 atom stereocenters. The van der Waals surface area contributed by atoms with Crippen molar-refractivity contribution in [3.63, 3.8) is 0 Å². The minimum Gasteiger partial charge on any atom is -0.480 e. The lowest BCUT2D eigenvalue weighted by Gasteiger charge is -2.04. The lowest BCUT2D eigenvalue weighted by Crippen LogP contribution is -2.12. The number of aryl methyl sites for hydroxylation is 1. The standard InChI is InChI=1S/C11H12FIO2/c12-9-6-4-8(5-7-9)2-1-3-10(13)11(14)15/h4-7,10H,1-3H2,(H,14,15). The first-order valence-electron chi connectivity index (χ1n) is 4.71. The van der Waals surface area contributed by atoms with Gasteiger partial charge in [-0.15, -0.1) is 0 Å². The molecule has 1 aromatic carbocycles. The van der Waals surface area contributed by atoms with Gasteiger partial charge in [-0.2, -0.15) is 0 Å². The number of carbonyl (C=O) groups is 1. The van der Waals surface area contributed by atoms with E-state index in [9.17, 15) is 9.18 Å². The van der Waals surface area contributed by atoms with Crippen LogP contribution in [0.3, 0.4) is 0 Å². The summed E-state index contributed by atoms with van der Waals surface area (Å²) in [5.41, 5.74) is 1.05. The molecule has 0 aliphatic heterocycles. The Morgan fingerprint density at radius 1 is 1.40 bits per heavy atom. The second-order valence-electron chi connectivity index (χ2n) is 3.32. The maximum absolute atomic E-state index is 12.6. The highest BCUT2D eigenvalue weighted by atomic mass is 127. The van der Waals surface area contributed by atoms with Crippen LogP contribution >= 0.6 is 22.6 Å². The number of rotatable bonds is 5. The van der Waals surface area contributed by atoms with Crippen molar-refractivity contribution in [3.8, 4) is 0 Å². The Morgan fingerprint density at radius 3 is 2.53 bits per heavy atom. The molecule has 0 radical (unpaired) electrons. The van der Waals surface area contributed by atoms with E-state index in [1.54, 1.807) is 12.1 Å². The molecule has 4 heteroatoms. The van der Waals surface area contributed by atoms with Gasteiger partial charge >= 0.3 is 5.97 Å². The minimum atomic E-state index is -0.769. The zero-order valence-corrected chi connectivity index (χ0v) is 10.3. The molecular formula is C11H12FIO2. The molecule has 1 unspecified atom stereocenters. The van der Waals surface area contributed by atoms with Crippen molar-refractivity contribution in [2.45, 2.75) is 23.2 Å². The van der Waals surface area contributed by atoms with E-state index >= 15 is 0 Å². The highest BCUT2D eigenvalue weighted by Crippen LogP contribution is 2.12. The average molecular weight is 322 g/mol. The van der Waals surface area contributed by atoms with Gasteiger partial charge in [-0.3, -0.25) is 4.79 Å². The molecule has 0 saturated carbocycles. The second-order valence-corrected chi connectivity index (χ2v) is 4.83. The molecule has 0 aromatic heterocycles. The van der Waals surface area contributed by atoms with Gasteiger partial charge in [0, 0.05) is 0 Å². The topological polar surface area (TPSA) is 37.3 Å². The van der Waals surface area contributed by atoms with E-state index in [-0.39, 0.29) is 9.74 Å². The van der Waals surface area contributed by atoms with Gasteiger partial charge < -0.3 is 5.11 Å². The predicted octanol–water partition coefficient (Wildman–Crippen LogP) is 3.04. The van der Waals surface area contributed by atoms with Crippen LogP contribution in [0.4, 0.5) is 4.39 Å². The molecule has 0 fully saturated rings. The highest BCUT2D eigenvalue weighted by molar-refractivity contribution is 14.1. The summed E-state index contributed by atoms with van der Waals surface area (Å²) in [6.07, 6.45) is 2.26. The third kappa shape index (κ3) is 4.59.